The van der Waals surface area contributed by atoms with E-state index in [1.807, 2.05) is 0 Å². The zero-order valence-electron chi connectivity index (χ0n) is 3.07. The van der Waals surface area contributed by atoms with Crippen molar-refractivity contribution in [1.82, 2.24) is 0 Å². The van der Waals surface area contributed by atoms with E-state index in [1.165, 1.54) is 12.2 Å². The van der Waals surface area contributed by atoms with Gasteiger partial charge in [0, 0.05) is 0 Å². The number of hydrogen-bond acceptors (Lipinski definition) is 0. The van der Waals surface area contributed by atoms with E-state index in [0.717, 1.165) is 0 Å². The lowest BCUT2D eigenvalue weighted by atomic mass is 10.1. The minimum absolute atomic E-state index is 1.20. The summed E-state index contributed by atoms with van der Waals surface area (Å²) < 4.78 is 22.9. The molecule has 0 saturated carbocycles. The fourth-order valence-electron chi connectivity index (χ4n) is 0.279. The molecule has 34 valence electrons. The number of alkyl halides is 2. The highest BCUT2D eigenvalue weighted by Gasteiger charge is 2.21. The number of allylic oxidation sites excluding steroid dienone is 2. The third-order valence-corrected chi connectivity index (χ3v) is 0.783. The molecule has 0 spiro atoms. The summed E-state index contributed by atoms with van der Waals surface area (Å²) in [5.41, 5.74) is 0. The molecule has 0 heterocycles. The maximum atomic E-state index is 11.4. The van der Waals surface area contributed by atoms with Crippen LogP contribution >= 0.6 is 0 Å². The van der Waals surface area contributed by atoms with Crippen molar-refractivity contribution in [3.05, 3.63) is 12.2 Å². The Hall–Kier alpha value is -0.400. The van der Waals surface area contributed by atoms with Crippen LogP contribution < -0.4 is 0 Å². The Bertz CT molecular complexity index is 67.6. The van der Waals surface area contributed by atoms with Gasteiger partial charge in [-0.3, -0.25) is 0 Å². The molecule has 0 bridgehead atoms. The van der Waals surface area contributed by atoms with Crippen LogP contribution in [0.3, 0.4) is 0 Å². The molecule has 0 N–H and O–H groups in total. The Kier molecular flexibility index (Phi) is 0.650. The third kappa shape index (κ3) is 0.329. The normalized spacial score (nSPS) is 42.3. The molecular formula is C4H4F2. The van der Waals surface area contributed by atoms with E-state index in [1.54, 1.807) is 0 Å². The standard InChI is InChI=1S/C4H4F2/c5-3-1-2-4(3)6/h1-4H/t3-,4-/m1/s1. The highest BCUT2D eigenvalue weighted by atomic mass is 19.2. The van der Waals surface area contributed by atoms with E-state index in [9.17, 15) is 8.78 Å². The molecule has 0 aromatic carbocycles. The molecule has 1 rings (SSSR count). The minimum atomic E-state index is -1.31. The van der Waals surface area contributed by atoms with E-state index in [2.05, 4.69) is 0 Å². The molecule has 1 aliphatic carbocycles. The predicted octanol–water partition coefficient (Wildman–Crippen LogP) is 1.23. The zero-order valence-corrected chi connectivity index (χ0v) is 3.07. The molecule has 0 aromatic rings. The molecule has 2 atom stereocenters. The van der Waals surface area contributed by atoms with Gasteiger partial charge < -0.3 is 0 Å². The minimum Gasteiger partial charge on any atom is -0.239 e. The lowest BCUT2D eigenvalue weighted by molar-refractivity contribution is 0.220. The summed E-state index contributed by atoms with van der Waals surface area (Å²) in [6.45, 7) is 0. The molecule has 0 fully saturated rings. The summed E-state index contributed by atoms with van der Waals surface area (Å²) in [5, 5.41) is 0. The summed E-state index contributed by atoms with van der Waals surface area (Å²) >= 11 is 0. The predicted molar refractivity (Wildman–Crippen MR) is 18.9 cm³/mol. The molecule has 0 unspecified atom stereocenters. The average Bonchev–Trinajstić information content (AvgIpc) is 1.61. The SMILES string of the molecule is F[C@@H]1C=C[C@H]1F. The van der Waals surface area contributed by atoms with Gasteiger partial charge in [0.15, 0.2) is 12.3 Å². The van der Waals surface area contributed by atoms with E-state index in [-0.39, 0.29) is 0 Å². The second-order valence-electron chi connectivity index (χ2n) is 1.27. The van der Waals surface area contributed by atoms with Crippen LogP contribution in [0.1, 0.15) is 0 Å². The summed E-state index contributed by atoms with van der Waals surface area (Å²) in [4.78, 5) is 0. The molecule has 0 amide bonds. The molecule has 0 aliphatic heterocycles. The van der Waals surface area contributed by atoms with Gasteiger partial charge in [0.25, 0.3) is 0 Å². The van der Waals surface area contributed by atoms with Gasteiger partial charge in [-0.2, -0.15) is 0 Å². The Morgan fingerprint density at radius 1 is 1.00 bits per heavy atom. The van der Waals surface area contributed by atoms with Crippen molar-refractivity contribution in [2.45, 2.75) is 12.3 Å². The van der Waals surface area contributed by atoms with Crippen LogP contribution in [0, 0.1) is 0 Å². The van der Waals surface area contributed by atoms with Crippen LogP contribution in [-0.2, 0) is 0 Å². The maximum absolute atomic E-state index is 11.4. The first-order valence-electron chi connectivity index (χ1n) is 1.77. The van der Waals surface area contributed by atoms with E-state index < -0.39 is 12.3 Å². The lowest BCUT2D eigenvalue weighted by Gasteiger charge is -2.11. The zero-order chi connectivity index (χ0) is 4.57. The Morgan fingerprint density at radius 2 is 1.33 bits per heavy atom. The van der Waals surface area contributed by atoms with Crippen molar-refractivity contribution in [3.63, 3.8) is 0 Å². The second kappa shape index (κ2) is 1.03. The van der Waals surface area contributed by atoms with Gasteiger partial charge in [0.05, 0.1) is 0 Å². The summed E-state index contributed by atoms with van der Waals surface area (Å²) in [6.07, 6.45) is -0.231. The quantitative estimate of drug-likeness (QED) is 0.392. The molecular weight excluding hydrogens is 86.0 g/mol. The molecule has 0 saturated heterocycles. The summed E-state index contributed by atoms with van der Waals surface area (Å²) in [7, 11) is 0. The molecule has 6 heavy (non-hydrogen) atoms. The van der Waals surface area contributed by atoms with Crippen molar-refractivity contribution >= 4 is 0 Å². The number of hydrogen-bond donors (Lipinski definition) is 0. The topological polar surface area (TPSA) is 0 Å². The van der Waals surface area contributed by atoms with E-state index >= 15 is 0 Å². The summed E-state index contributed by atoms with van der Waals surface area (Å²) in [5.74, 6) is 0. The lowest BCUT2D eigenvalue weighted by Crippen LogP contribution is -2.19. The van der Waals surface area contributed by atoms with Crippen molar-refractivity contribution in [1.29, 1.82) is 0 Å². The highest BCUT2D eigenvalue weighted by Crippen LogP contribution is 2.15. The van der Waals surface area contributed by atoms with E-state index in [0.29, 0.717) is 0 Å². The van der Waals surface area contributed by atoms with E-state index in [4.69, 9.17) is 0 Å². The van der Waals surface area contributed by atoms with Gasteiger partial charge in [-0.15, -0.1) is 0 Å². The summed E-state index contributed by atoms with van der Waals surface area (Å²) in [6, 6.07) is 0. The van der Waals surface area contributed by atoms with Gasteiger partial charge >= 0.3 is 0 Å². The van der Waals surface area contributed by atoms with Crippen molar-refractivity contribution in [3.8, 4) is 0 Å². The van der Waals surface area contributed by atoms with Crippen LogP contribution in [0.5, 0.6) is 0 Å². The highest BCUT2D eigenvalue weighted by molar-refractivity contribution is 5.11. The van der Waals surface area contributed by atoms with Crippen LogP contribution in [0.25, 0.3) is 0 Å². The number of rotatable bonds is 0. The molecule has 0 radical (unpaired) electrons. The molecule has 0 aromatic heterocycles. The molecule has 2 heteroatoms. The molecule has 0 nitrogen and oxygen atoms in total. The van der Waals surface area contributed by atoms with Gasteiger partial charge in [-0.05, 0) is 12.2 Å². The van der Waals surface area contributed by atoms with Crippen LogP contribution in [0.15, 0.2) is 12.2 Å². The van der Waals surface area contributed by atoms with Gasteiger partial charge in [0.1, 0.15) is 0 Å². The first kappa shape index (κ1) is 3.78. The monoisotopic (exact) mass is 90.0 g/mol. The second-order valence-corrected chi connectivity index (χ2v) is 1.27. The van der Waals surface area contributed by atoms with Crippen molar-refractivity contribution in [2.24, 2.45) is 0 Å². The maximum Gasteiger partial charge on any atom is 0.153 e. The molecule has 1 aliphatic rings. The van der Waals surface area contributed by atoms with Gasteiger partial charge in [0.2, 0.25) is 0 Å². The fraction of sp³-hybridized carbons (Fsp3) is 0.500. The Morgan fingerprint density at radius 3 is 1.33 bits per heavy atom. The van der Waals surface area contributed by atoms with Crippen molar-refractivity contribution in [2.75, 3.05) is 0 Å². The van der Waals surface area contributed by atoms with Gasteiger partial charge in [-0.1, -0.05) is 0 Å². The van der Waals surface area contributed by atoms with Crippen LogP contribution in [-0.4, -0.2) is 12.3 Å². The van der Waals surface area contributed by atoms with Crippen LogP contribution in [0.4, 0.5) is 8.78 Å². The number of halogens is 2. The largest absolute Gasteiger partial charge is 0.239 e. The van der Waals surface area contributed by atoms with Crippen molar-refractivity contribution < 1.29 is 8.78 Å². The van der Waals surface area contributed by atoms with Crippen LogP contribution in [0.2, 0.25) is 0 Å². The first-order chi connectivity index (χ1) is 2.80. The van der Waals surface area contributed by atoms with Gasteiger partial charge in [-0.25, -0.2) is 8.78 Å². The third-order valence-electron chi connectivity index (χ3n) is 0.783. The first-order valence-corrected chi connectivity index (χ1v) is 1.77. The fourth-order valence-corrected chi connectivity index (χ4v) is 0.279. The Labute approximate surface area is 34.5 Å². The smallest absolute Gasteiger partial charge is 0.153 e. The Balaban J connectivity index is 2.45. The average molecular weight is 90.1 g/mol.